The van der Waals surface area contributed by atoms with Crippen molar-refractivity contribution in [2.45, 2.75) is 93.1 Å². The zero-order valence-electron chi connectivity index (χ0n) is 21.8. The highest BCUT2D eigenvalue weighted by atomic mass is 16.3. The van der Waals surface area contributed by atoms with Crippen LogP contribution in [-0.2, 0) is 9.59 Å². The summed E-state index contributed by atoms with van der Waals surface area (Å²) >= 11 is 0. The number of carbonyl (C=O) groups excluding carboxylic acids is 2. The maximum Gasteiger partial charge on any atom is 0.224 e. The third-order valence-electron chi connectivity index (χ3n) is 11.5. The number of carbonyl (C=O) groups is 2. The molecular weight excluding hydrogens is 424 g/mol. The lowest BCUT2D eigenvalue weighted by molar-refractivity contribution is -0.125. The van der Waals surface area contributed by atoms with Crippen LogP contribution < -0.4 is 0 Å². The van der Waals surface area contributed by atoms with Crippen LogP contribution in [0.25, 0.3) is 0 Å². The van der Waals surface area contributed by atoms with Crippen LogP contribution in [0.2, 0.25) is 0 Å². The number of fused-ring (bicyclic) bond motifs is 5. The largest absolute Gasteiger partial charge is 0.504 e. The molecule has 0 aliphatic heterocycles. The minimum Gasteiger partial charge on any atom is -0.504 e. The van der Waals surface area contributed by atoms with Crippen molar-refractivity contribution in [1.82, 2.24) is 0 Å². The van der Waals surface area contributed by atoms with Crippen molar-refractivity contribution in [3.63, 3.8) is 0 Å². The number of hydrogen-bond acceptors (Lipinski definition) is 4. The summed E-state index contributed by atoms with van der Waals surface area (Å²) in [4.78, 5) is 28.5. The van der Waals surface area contributed by atoms with Crippen molar-refractivity contribution in [3.8, 4) is 0 Å². The van der Waals surface area contributed by atoms with Gasteiger partial charge in [-0.3, -0.25) is 9.59 Å². The zero-order valence-corrected chi connectivity index (χ0v) is 21.8. The Morgan fingerprint density at radius 2 is 1.62 bits per heavy atom. The topological polar surface area (TPSA) is 74.6 Å². The Balaban J connectivity index is 1.68. The van der Waals surface area contributed by atoms with E-state index in [2.05, 4.69) is 34.6 Å². The van der Waals surface area contributed by atoms with E-state index < -0.39 is 16.9 Å². The van der Waals surface area contributed by atoms with E-state index in [9.17, 15) is 19.8 Å². The zero-order chi connectivity index (χ0) is 24.7. The number of hydrogen-bond donors (Lipinski definition) is 2. The number of Topliss-reactive ketones (excluding diaryl/α,β-unsaturated/α-hetero) is 2. The van der Waals surface area contributed by atoms with Crippen molar-refractivity contribution in [3.05, 3.63) is 33.6 Å². The summed E-state index contributed by atoms with van der Waals surface area (Å²) in [5.74, 6) is 0.0418. The predicted molar refractivity (Wildman–Crippen MR) is 131 cm³/mol. The van der Waals surface area contributed by atoms with Crippen molar-refractivity contribution in [1.29, 1.82) is 0 Å². The van der Waals surface area contributed by atoms with E-state index in [4.69, 9.17) is 0 Å². The van der Waals surface area contributed by atoms with Gasteiger partial charge in [0, 0.05) is 28.1 Å². The van der Waals surface area contributed by atoms with Gasteiger partial charge in [0.25, 0.3) is 0 Å². The molecule has 0 heterocycles. The van der Waals surface area contributed by atoms with Crippen LogP contribution >= 0.6 is 0 Å². The first-order valence-corrected chi connectivity index (χ1v) is 13.5. The number of rotatable bonds is 2. The van der Waals surface area contributed by atoms with Crippen LogP contribution in [0.3, 0.4) is 0 Å². The SMILES string of the molecule is CC(C)C1=C2C3=C(C(=O)[C@]24CC[C@@]2(C(C)C)C[C@@H]42)[C@@H](O)[C@@H]2C(C)(C)CCC[C@]2(C)C3=C(O)C1=O. The average molecular weight is 465 g/mol. The quantitative estimate of drug-likeness (QED) is 0.536. The maximum atomic E-state index is 14.6. The Kier molecular flexibility index (Phi) is 4.25. The summed E-state index contributed by atoms with van der Waals surface area (Å²) in [6, 6.07) is 0. The molecule has 0 amide bonds. The molecule has 3 fully saturated rings. The van der Waals surface area contributed by atoms with E-state index in [0.29, 0.717) is 22.6 Å². The third kappa shape index (κ3) is 2.22. The van der Waals surface area contributed by atoms with Gasteiger partial charge in [-0.15, -0.1) is 0 Å². The Morgan fingerprint density at radius 1 is 0.941 bits per heavy atom. The van der Waals surface area contributed by atoms with Crippen molar-refractivity contribution in [2.75, 3.05) is 0 Å². The summed E-state index contributed by atoms with van der Waals surface area (Å²) in [5.41, 5.74) is 2.24. The molecule has 3 saturated carbocycles. The number of aliphatic hydroxyl groups excluding tert-OH is 2. The summed E-state index contributed by atoms with van der Waals surface area (Å²) in [6.45, 7) is 15.0. The molecule has 0 bridgehead atoms. The predicted octanol–water partition coefficient (Wildman–Crippen LogP) is 5.86. The lowest BCUT2D eigenvalue weighted by Crippen LogP contribution is -2.54. The van der Waals surface area contributed by atoms with Gasteiger partial charge in [0.15, 0.2) is 11.5 Å². The fraction of sp³-hybridized carbons (Fsp3) is 0.733. The van der Waals surface area contributed by atoms with E-state index in [-0.39, 0.29) is 45.9 Å². The lowest BCUT2D eigenvalue weighted by Gasteiger charge is -2.57. The average Bonchev–Trinajstić information content (AvgIpc) is 3.31. The number of allylic oxidation sites excluding steroid dienone is 4. The first-order valence-electron chi connectivity index (χ1n) is 13.5. The Hall–Kier alpha value is -1.68. The molecular formula is C30H40O4. The Bertz CT molecular complexity index is 1150. The molecule has 6 aliphatic rings. The van der Waals surface area contributed by atoms with Gasteiger partial charge < -0.3 is 10.2 Å². The summed E-state index contributed by atoms with van der Waals surface area (Å²) in [7, 11) is 0. The van der Waals surface area contributed by atoms with Crippen LogP contribution in [0.1, 0.15) is 87.0 Å². The molecule has 6 aliphatic carbocycles. The first-order chi connectivity index (χ1) is 15.8. The van der Waals surface area contributed by atoms with E-state index in [0.717, 1.165) is 49.7 Å². The first kappa shape index (κ1) is 22.8. The molecule has 0 radical (unpaired) electrons. The maximum absolute atomic E-state index is 14.6. The standard InChI is InChI=1S/C30H40O4/c1-14(2)17-20-18-19(26(34)30(20)12-11-29(15(3)4)13-16(29)30)23(32)25-27(5,6)9-8-10-28(25,7)21(18)24(33)22(17)31/h14-16,23,25,32-33H,8-13H2,1-7H3/t16-,23-,25-,28-,29+,30+/m1/s1. The highest BCUT2D eigenvalue weighted by Gasteiger charge is 2.77. The fourth-order valence-electron chi connectivity index (χ4n) is 9.99. The molecule has 6 atom stereocenters. The normalized spacial score (nSPS) is 44.5. The smallest absolute Gasteiger partial charge is 0.224 e. The van der Waals surface area contributed by atoms with Crippen LogP contribution in [0.15, 0.2) is 33.6 Å². The number of aliphatic hydroxyl groups is 2. The lowest BCUT2D eigenvalue weighted by atomic mass is 9.47. The molecule has 4 heteroatoms. The monoisotopic (exact) mass is 464 g/mol. The van der Waals surface area contributed by atoms with Gasteiger partial charge in [0.1, 0.15) is 0 Å². The second-order valence-electron chi connectivity index (χ2n) is 13.9. The van der Waals surface area contributed by atoms with Gasteiger partial charge >= 0.3 is 0 Å². The van der Waals surface area contributed by atoms with Gasteiger partial charge in [-0.05, 0) is 71.8 Å². The molecule has 1 spiro atoms. The molecule has 0 aromatic rings. The highest BCUT2D eigenvalue weighted by Crippen LogP contribution is 2.80. The van der Waals surface area contributed by atoms with Gasteiger partial charge in [-0.25, -0.2) is 0 Å². The molecule has 6 rings (SSSR count). The molecule has 0 aromatic heterocycles. The second-order valence-corrected chi connectivity index (χ2v) is 13.9. The van der Waals surface area contributed by atoms with Gasteiger partial charge in [0.05, 0.1) is 11.5 Å². The third-order valence-corrected chi connectivity index (χ3v) is 11.5. The summed E-state index contributed by atoms with van der Waals surface area (Å²) in [5, 5.41) is 23.5. The number of ketones is 2. The molecule has 0 unspecified atom stereocenters. The van der Waals surface area contributed by atoms with Gasteiger partial charge in [-0.2, -0.15) is 0 Å². The van der Waals surface area contributed by atoms with Crippen molar-refractivity contribution in [2.24, 2.45) is 45.3 Å². The minimum absolute atomic E-state index is 0.0663. The highest BCUT2D eigenvalue weighted by molar-refractivity contribution is 6.19. The van der Waals surface area contributed by atoms with E-state index in [1.807, 2.05) is 13.8 Å². The van der Waals surface area contributed by atoms with Crippen molar-refractivity contribution >= 4 is 11.6 Å². The van der Waals surface area contributed by atoms with Crippen LogP contribution in [0.5, 0.6) is 0 Å². The van der Waals surface area contributed by atoms with Crippen LogP contribution in [0.4, 0.5) is 0 Å². The van der Waals surface area contributed by atoms with E-state index in [1.54, 1.807) is 0 Å². The Labute approximate surface area is 203 Å². The van der Waals surface area contributed by atoms with Crippen molar-refractivity contribution < 1.29 is 19.8 Å². The Morgan fingerprint density at radius 3 is 2.18 bits per heavy atom. The minimum atomic E-state index is -0.858. The van der Waals surface area contributed by atoms with E-state index in [1.165, 1.54) is 0 Å². The van der Waals surface area contributed by atoms with Gasteiger partial charge in [-0.1, -0.05) is 54.9 Å². The van der Waals surface area contributed by atoms with E-state index >= 15 is 0 Å². The molecule has 0 saturated heterocycles. The molecule has 4 nitrogen and oxygen atoms in total. The molecule has 0 aromatic carbocycles. The molecule has 184 valence electrons. The molecule has 2 N–H and O–H groups in total. The fourth-order valence-corrected chi connectivity index (χ4v) is 9.99. The summed E-state index contributed by atoms with van der Waals surface area (Å²) < 4.78 is 0. The van der Waals surface area contributed by atoms with Crippen LogP contribution in [-0.4, -0.2) is 27.9 Å². The van der Waals surface area contributed by atoms with Gasteiger partial charge in [0.2, 0.25) is 5.78 Å². The second kappa shape index (κ2) is 6.35. The molecule has 34 heavy (non-hydrogen) atoms. The van der Waals surface area contributed by atoms with Crippen LogP contribution in [0, 0.1) is 45.3 Å². The summed E-state index contributed by atoms with van der Waals surface area (Å²) in [6.07, 6.45) is 4.68.